The SMILES string of the molecule is Cn1cc2c(n1)CCC[C@@H]2C(=O)NC(C)(C)c1ccc(Cl)cc1. The number of fused-ring (bicyclic) bond motifs is 1. The summed E-state index contributed by atoms with van der Waals surface area (Å²) in [5.41, 5.74) is 2.73. The third-order valence-electron chi connectivity index (χ3n) is 4.54. The number of halogens is 1. The lowest BCUT2D eigenvalue weighted by Crippen LogP contribution is -2.43. The van der Waals surface area contributed by atoms with Crippen molar-refractivity contribution in [2.75, 3.05) is 0 Å². The van der Waals surface area contributed by atoms with E-state index >= 15 is 0 Å². The van der Waals surface area contributed by atoms with Crippen molar-refractivity contribution in [3.8, 4) is 0 Å². The van der Waals surface area contributed by atoms with Gasteiger partial charge in [-0.25, -0.2) is 0 Å². The van der Waals surface area contributed by atoms with Gasteiger partial charge in [-0.05, 0) is 50.8 Å². The van der Waals surface area contributed by atoms with Crippen molar-refractivity contribution in [3.63, 3.8) is 0 Å². The molecule has 2 aromatic rings. The summed E-state index contributed by atoms with van der Waals surface area (Å²) in [6.45, 7) is 4.03. The molecule has 3 rings (SSSR count). The molecule has 0 saturated heterocycles. The predicted octanol–water partition coefficient (Wildman–Crippen LogP) is 3.54. The van der Waals surface area contributed by atoms with Crippen molar-refractivity contribution in [3.05, 3.63) is 52.3 Å². The average molecular weight is 332 g/mol. The van der Waals surface area contributed by atoms with E-state index in [4.69, 9.17) is 11.6 Å². The Labute approximate surface area is 141 Å². The first-order valence-corrected chi connectivity index (χ1v) is 8.35. The van der Waals surface area contributed by atoms with Crippen molar-refractivity contribution in [2.45, 2.75) is 44.6 Å². The van der Waals surface area contributed by atoms with Crippen LogP contribution in [0.4, 0.5) is 0 Å². The van der Waals surface area contributed by atoms with Gasteiger partial charge in [-0.3, -0.25) is 9.48 Å². The van der Waals surface area contributed by atoms with Crippen molar-refractivity contribution in [1.82, 2.24) is 15.1 Å². The standard InChI is InChI=1S/C18H22ClN3O/c1-18(2,12-7-9-13(19)10-8-12)20-17(23)14-5-4-6-16-15(14)11-22(3)21-16/h7-11,14H,4-6H2,1-3H3,(H,20,23)/t14-/m0/s1. The normalized spacial score (nSPS) is 17.7. The molecule has 1 amide bonds. The Bertz CT molecular complexity index is 718. The molecule has 0 saturated carbocycles. The molecule has 1 aliphatic carbocycles. The maximum atomic E-state index is 12.9. The van der Waals surface area contributed by atoms with Crippen LogP contribution in [0.3, 0.4) is 0 Å². The molecule has 1 aromatic carbocycles. The first kappa shape index (κ1) is 16.1. The van der Waals surface area contributed by atoms with Crippen LogP contribution in [0.5, 0.6) is 0 Å². The summed E-state index contributed by atoms with van der Waals surface area (Å²) in [4.78, 5) is 12.9. The highest BCUT2D eigenvalue weighted by atomic mass is 35.5. The minimum Gasteiger partial charge on any atom is -0.347 e. The summed E-state index contributed by atoms with van der Waals surface area (Å²) in [6, 6.07) is 7.62. The monoisotopic (exact) mass is 331 g/mol. The van der Waals surface area contributed by atoms with Crippen LogP contribution in [0.1, 0.15) is 49.4 Å². The molecule has 23 heavy (non-hydrogen) atoms. The molecule has 1 heterocycles. The maximum absolute atomic E-state index is 12.9. The lowest BCUT2D eigenvalue weighted by molar-refractivity contribution is -0.124. The molecule has 1 aromatic heterocycles. The van der Waals surface area contributed by atoms with Gasteiger partial charge in [-0.1, -0.05) is 23.7 Å². The van der Waals surface area contributed by atoms with E-state index in [0.717, 1.165) is 36.1 Å². The van der Waals surface area contributed by atoms with Gasteiger partial charge in [0.15, 0.2) is 0 Å². The number of carbonyl (C=O) groups excluding carboxylic acids is 1. The van der Waals surface area contributed by atoms with Crippen LogP contribution in [0, 0.1) is 0 Å². The lowest BCUT2D eigenvalue weighted by Gasteiger charge is -2.30. The van der Waals surface area contributed by atoms with Gasteiger partial charge < -0.3 is 5.32 Å². The van der Waals surface area contributed by atoms with Crippen LogP contribution in [0.2, 0.25) is 5.02 Å². The number of carbonyl (C=O) groups is 1. The number of rotatable bonds is 3. The minimum atomic E-state index is -0.443. The fourth-order valence-electron chi connectivity index (χ4n) is 3.27. The summed E-state index contributed by atoms with van der Waals surface area (Å²) < 4.78 is 1.81. The second-order valence-corrected chi connectivity index (χ2v) is 7.21. The van der Waals surface area contributed by atoms with Crippen LogP contribution in [0.15, 0.2) is 30.5 Å². The smallest absolute Gasteiger partial charge is 0.228 e. The Hall–Kier alpha value is -1.81. The van der Waals surface area contributed by atoms with Crippen molar-refractivity contribution in [2.24, 2.45) is 7.05 Å². The summed E-state index contributed by atoms with van der Waals surface area (Å²) in [7, 11) is 1.91. The van der Waals surface area contributed by atoms with Gasteiger partial charge in [0.2, 0.25) is 5.91 Å². The van der Waals surface area contributed by atoms with E-state index in [9.17, 15) is 4.79 Å². The maximum Gasteiger partial charge on any atom is 0.228 e. The Morgan fingerprint density at radius 2 is 2.04 bits per heavy atom. The molecule has 122 valence electrons. The molecule has 0 radical (unpaired) electrons. The highest BCUT2D eigenvalue weighted by Crippen LogP contribution is 2.32. The molecule has 0 unspecified atom stereocenters. The van der Waals surface area contributed by atoms with Gasteiger partial charge in [-0.15, -0.1) is 0 Å². The Morgan fingerprint density at radius 3 is 2.74 bits per heavy atom. The lowest BCUT2D eigenvalue weighted by atomic mass is 9.85. The Morgan fingerprint density at radius 1 is 1.35 bits per heavy atom. The molecular weight excluding hydrogens is 310 g/mol. The highest BCUT2D eigenvalue weighted by Gasteiger charge is 2.32. The van der Waals surface area contributed by atoms with Gasteiger partial charge >= 0.3 is 0 Å². The third kappa shape index (κ3) is 3.27. The van der Waals surface area contributed by atoms with Crippen LogP contribution in [-0.2, 0) is 23.8 Å². The zero-order valence-electron chi connectivity index (χ0n) is 13.8. The van der Waals surface area contributed by atoms with Gasteiger partial charge in [0.1, 0.15) is 0 Å². The Balaban J connectivity index is 1.80. The number of hydrogen-bond acceptors (Lipinski definition) is 2. The molecule has 4 nitrogen and oxygen atoms in total. The van der Waals surface area contributed by atoms with E-state index in [1.165, 1.54) is 0 Å². The predicted molar refractivity (Wildman–Crippen MR) is 91.5 cm³/mol. The molecule has 5 heteroatoms. The molecule has 0 bridgehead atoms. The number of aromatic nitrogens is 2. The minimum absolute atomic E-state index is 0.0684. The van der Waals surface area contributed by atoms with Crippen molar-refractivity contribution in [1.29, 1.82) is 0 Å². The average Bonchev–Trinajstić information content (AvgIpc) is 2.87. The second kappa shape index (κ2) is 6.00. The van der Waals surface area contributed by atoms with Crippen molar-refractivity contribution < 1.29 is 4.79 Å². The summed E-state index contributed by atoms with van der Waals surface area (Å²) in [5, 5.41) is 8.36. The number of hydrogen-bond donors (Lipinski definition) is 1. The summed E-state index contributed by atoms with van der Waals surface area (Å²) in [6.07, 6.45) is 4.82. The number of benzene rings is 1. The zero-order chi connectivity index (χ0) is 16.6. The number of nitrogens with one attached hydrogen (secondary N) is 1. The van der Waals surface area contributed by atoms with Gasteiger partial charge in [0.25, 0.3) is 0 Å². The quantitative estimate of drug-likeness (QED) is 0.935. The molecule has 1 N–H and O–H groups in total. The third-order valence-corrected chi connectivity index (χ3v) is 4.79. The van der Waals surface area contributed by atoms with E-state index < -0.39 is 5.54 Å². The van der Waals surface area contributed by atoms with E-state index in [2.05, 4.69) is 10.4 Å². The molecule has 0 aliphatic heterocycles. The van der Waals surface area contributed by atoms with E-state index in [1.807, 2.05) is 51.4 Å². The second-order valence-electron chi connectivity index (χ2n) is 6.77. The van der Waals surface area contributed by atoms with E-state index in [1.54, 1.807) is 4.68 Å². The van der Waals surface area contributed by atoms with Gasteiger partial charge in [0, 0.05) is 23.8 Å². The number of aryl methyl sites for hydroxylation is 2. The molecule has 1 aliphatic rings. The zero-order valence-corrected chi connectivity index (χ0v) is 14.5. The van der Waals surface area contributed by atoms with Crippen LogP contribution in [0.25, 0.3) is 0 Å². The first-order valence-electron chi connectivity index (χ1n) is 7.97. The molecule has 0 fully saturated rings. The number of amides is 1. The fraction of sp³-hybridized carbons (Fsp3) is 0.444. The van der Waals surface area contributed by atoms with Crippen molar-refractivity contribution >= 4 is 17.5 Å². The molecule has 0 spiro atoms. The van der Waals surface area contributed by atoms with E-state index in [-0.39, 0.29) is 11.8 Å². The van der Waals surface area contributed by atoms with Crippen LogP contribution >= 0.6 is 11.6 Å². The largest absolute Gasteiger partial charge is 0.347 e. The topological polar surface area (TPSA) is 46.9 Å². The summed E-state index contributed by atoms with van der Waals surface area (Å²) >= 11 is 5.95. The highest BCUT2D eigenvalue weighted by molar-refractivity contribution is 6.30. The van der Waals surface area contributed by atoms with Crippen LogP contribution < -0.4 is 5.32 Å². The van der Waals surface area contributed by atoms with E-state index in [0.29, 0.717) is 5.02 Å². The Kier molecular flexibility index (Phi) is 4.19. The molecule has 1 atom stereocenters. The first-order chi connectivity index (χ1) is 10.9. The fourth-order valence-corrected chi connectivity index (χ4v) is 3.40. The van der Waals surface area contributed by atoms with Crippen LogP contribution in [-0.4, -0.2) is 15.7 Å². The van der Waals surface area contributed by atoms with Gasteiger partial charge in [-0.2, -0.15) is 5.10 Å². The summed E-state index contributed by atoms with van der Waals surface area (Å²) in [5.74, 6) is -0.0436. The van der Waals surface area contributed by atoms with Gasteiger partial charge in [0.05, 0.1) is 17.2 Å². The number of nitrogens with zero attached hydrogens (tertiary/aromatic N) is 2. The molecular formula is C18H22ClN3O.